The van der Waals surface area contributed by atoms with Gasteiger partial charge in [0.25, 0.3) is 0 Å². The molecule has 2 rings (SSSR count). The molecule has 2 saturated carbocycles. The standard InChI is InChI=1S/C12H19NO/c1-10(2)11(3)4-5-12(10,6-7-13)8-9(11)14/h9,14H,4-6,8H2,1-3H3/t9-,11-,12-/m0/s1. The summed E-state index contributed by atoms with van der Waals surface area (Å²) in [6, 6.07) is 2.31. The van der Waals surface area contributed by atoms with Crippen molar-refractivity contribution in [3.05, 3.63) is 0 Å². The molecule has 0 unspecified atom stereocenters. The molecular weight excluding hydrogens is 174 g/mol. The Balaban J connectivity index is 2.44. The van der Waals surface area contributed by atoms with Gasteiger partial charge in [0, 0.05) is 6.42 Å². The predicted molar refractivity (Wildman–Crippen MR) is 54.4 cm³/mol. The van der Waals surface area contributed by atoms with Gasteiger partial charge in [0.2, 0.25) is 0 Å². The van der Waals surface area contributed by atoms with Crippen molar-refractivity contribution in [3.63, 3.8) is 0 Å². The predicted octanol–water partition coefficient (Wildman–Crippen LogP) is 2.48. The third-order valence-corrected chi connectivity index (χ3v) is 5.61. The summed E-state index contributed by atoms with van der Waals surface area (Å²) in [5.74, 6) is 0. The van der Waals surface area contributed by atoms with E-state index in [0.717, 1.165) is 19.3 Å². The first-order valence-electron chi connectivity index (χ1n) is 5.45. The van der Waals surface area contributed by atoms with E-state index in [1.54, 1.807) is 0 Å². The number of nitriles is 1. The lowest BCUT2D eigenvalue weighted by Gasteiger charge is -2.40. The van der Waals surface area contributed by atoms with Crippen LogP contribution in [0.4, 0.5) is 0 Å². The molecule has 0 amide bonds. The van der Waals surface area contributed by atoms with Crippen LogP contribution < -0.4 is 0 Å². The van der Waals surface area contributed by atoms with Crippen LogP contribution in [-0.2, 0) is 0 Å². The fourth-order valence-electron chi connectivity index (χ4n) is 3.80. The van der Waals surface area contributed by atoms with Gasteiger partial charge in [-0.15, -0.1) is 0 Å². The van der Waals surface area contributed by atoms with Crippen molar-refractivity contribution in [3.8, 4) is 6.07 Å². The van der Waals surface area contributed by atoms with E-state index in [2.05, 4.69) is 26.8 Å². The Hall–Kier alpha value is -0.550. The lowest BCUT2D eigenvalue weighted by molar-refractivity contribution is 0.0112. The van der Waals surface area contributed by atoms with Crippen LogP contribution >= 0.6 is 0 Å². The lowest BCUT2D eigenvalue weighted by atomic mass is 9.64. The topological polar surface area (TPSA) is 44.0 Å². The monoisotopic (exact) mass is 193 g/mol. The SMILES string of the molecule is CC1(C)[C@]2(CC#N)CC[C@@]1(C)[C@@H](O)C2. The molecule has 0 radical (unpaired) electrons. The van der Waals surface area contributed by atoms with Gasteiger partial charge in [0.05, 0.1) is 12.2 Å². The molecule has 0 aromatic carbocycles. The van der Waals surface area contributed by atoms with E-state index in [1.807, 2.05) is 0 Å². The van der Waals surface area contributed by atoms with Crippen molar-refractivity contribution in [2.45, 2.75) is 52.6 Å². The van der Waals surface area contributed by atoms with Crippen LogP contribution in [0.15, 0.2) is 0 Å². The Morgan fingerprint density at radius 1 is 1.36 bits per heavy atom. The minimum absolute atomic E-state index is 0.0316. The molecule has 0 heterocycles. The second-order valence-electron chi connectivity index (χ2n) is 5.88. The first-order chi connectivity index (χ1) is 6.40. The van der Waals surface area contributed by atoms with Gasteiger partial charge < -0.3 is 5.11 Å². The summed E-state index contributed by atoms with van der Waals surface area (Å²) in [5.41, 5.74) is 0.217. The number of hydrogen-bond donors (Lipinski definition) is 1. The maximum Gasteiger partial charge on any atom is 0.0627 e. The first-order valence-corrected chi connectivity index (χ1v) is 5.45. The minimum atomic E-state index is -0.209. The number of aliphatic hydroxyl groups is 1. The van der Waals surface area contributed by atoms with Crippen LogP contribution in [0.2, 0.25) is 0 Å². The van der Waals surface area contributed by atoms with Gasteiger partial charge in [-0.05, 0) is 35.5 Å². The van der Waals surface area contributed by atoms with Crippen molar-refractivity contribution in [1.29, 1.82) is 5.26 Å². The summed E-state index contributed by atoms with van der Waals surface area (Å²) < 4.78 is 0. The molecule has 2 aliphatic rings. The van der Waals surface area contributed by atoms with E-state index >= 15 is 0 Å². The van der Waals surface area contributed by atoms with E-state index in [0.29, 0.717) is 6.42 Å². The number of aliphatic hydroxyl groups excluding tert-OH is 1. The van der Waals surface area contributed by atoms with Gasteiger partial charge in [0.15, 0.2) is 0 Å². The molecule has 2 aliphatic carbocycles. The Morgan fingerprint density at radius 3 is 2.36 bits per heavy atom. The molecule has 2 fully saturated rings. The minimum Gasteiger partial charge on any atom is -0.393 e. The summed E-state index contributed by atoms with van der Waals surface area (Å²) in [6.07, 6.45) is 3.40. The van der Waals surface area contributed by atoms with Crippen molar-refractivity contribution in [1.82, 2.24) is 0 Å². The average molecular weight is 193 g/mol. The quantitative estimate of drug-likeness (QED) is 0.695. The van der Waals surface area contributed by atoms with Crippen LogP contribution in [0.5, 0.6) is 0 Å². The zero-order chi connectivity index (χ0) is 10.6. The number of hydrogen-bond acceptors (Lipinski definition) is 2. The first kappa shape index (κ1) is 9.98. The molecule has 14 heavy (non-hydrogen) atoms. The zero-order valence-electron chi connectivity index (χ0n) is 9.30. The van der Waals surface area contributed by atoms with Crippen molar-refractivity contribution in [2.24, 2.45) is 16.2 Å². The van der Waals surface area contributed by atoms with E-state index in [4.69, 9.17) is 5.26 Å². The summed E-state index contributed by atoms with van der Waals surface area (Å²) in [4.78, 5) is 0. The van der Waals surface area contributed by atoms with Crippen LogP contribution in [-0.4, -0.2) is 11.2 Å². The molecule has 0 aromatic heterocycles. The van der Waals surface area contributed by atoms with E-state index in [1.165, 1.54) is 0 Å². The molecule has 1 N–H and O–H groups in total. The molecular formula is C12H19NO. The third-order valence-electron chi connectivity index (χ3n) is 5.61. The molecule has 0 aromatic rings. The molecule has 78 valence electrons. The van der Waals surface area contributed by atoms with Crippen molar-refractivity contribution >= 4 is 0 Å². The third kappa shape index (κ3) is 0.803. The Kier molecular flexibility index (Phi) is 1.80. The van der Waals surface area contributed by atoms with Crippen molar-refractivity contribution < 1.29 is 5.11 Å². The Labute approximate surface area is 85.9 Å². The second kappa shape index (κ2) is 2.52. The van der Waals surface area contributed by atoms with Crippen LogP contribution in [0.1, 0.15) is 46.5 Å². The van der Waals surface area contributed by atoms with Crippen LogP contribution in [0.3, 0.4) is 0 Å². The van der Waals surface area contributed by atoms with Gasteiger partial charge in [-0.3, -0.25) is 0 Å². The largest absolute Gasteiger partial charge is 0.393 e. The molecule has 2 nitrogen and oxygen atoms in total. The average Bonchev–Trinajstić information content (AvgIpc) is 2.35. The fourth-order valence-corrected chi connectivity index (χ4v) is 3.80. The summed E-state index contributed by atoms with van der Waals surface area (Å²) >= 11 is 0. The highest BCUT2D eigenvalue weighted by molar-refractivity contribution is 5.19. The maximum atomic E-state index is 10.1. The highest BCUT2D eigenvalue weighted by atomic mass is 16.3. The molecule has 0 aliphatic heterocycles. The molecule has 0 spiro atoms. The summed E-state index contributed by atoms with van der Waals surface area (Å²) in [5, 5.41) is 19.0. The van der Waals surface area contributed by atoms with E-state index < -0.39 is 0 Å². The highest BCUT2D eigenvalue weighted by Crippen LogP contribution is 2.73. The van der Waals surface area contributed by atoms with Crippen molar-refractivity contribution in [2.75, 3.05) is 0 Å². The Morgan fingerprint density at radius 2 is 2.00 bits per heavy atom. The van der Waals surface area contributed by atoms with E-state index in [9.17, 15) is 5.11 Å². The fraction of sp³-hybridized carbons (Fsp3) is 0.917. The normalized spacial score (nSPS) is 49.2. The van der Waals surface area contributed by atoms with Gasteiger partial charge in [-0.25, -0.2) is 0 Å². The maximum absolute atomic E-state index is 10.1. The highest BCUT2D eigenvalue weighted by Gasteiger charge is 2.68. The molecule has 2 bridgehead atoms. The second-order valence-corrected chi connectivity index (χ2v) is 5.88. The zero-order valence-corrected chi connectivity index (χ0v) is 9.30. The summed E-state index contributed by atoms with van der Waals surface area (Å²) in [7, 11) is 0. The molecule has 2 heteroatoms. The Bertz CT molecular complexity index is 304. The van der Waals surface area contributed by atoms with Crippen LogP contribution in [0, 0.1) is 27.6 Å². The smallest absolute Gasteiger partial charge is 0.0627 e. The van der Waals surface area contributed by atoms with Gasteiger partial charge in [-0.2, -0.15) is 5.26 Å². The number of nitrogens with zero attached hydrogens (tertiary/aromatic N) is 1. The van der Waals surface area contributed by atoms with E-state index in [-0.39, 0.29) is 22.3 Å². The van der Waals surface area contributed by atoms with Gasteiger partial charge in [-0.1, -0.05) is 20.8 Å². The molecule has 0 saturated heterocycles. The van der Waals surface area contributed by atoms with Gasteiger partial charge in [0.1, 0.15) is 0 Å². The summed E-state index contributed by atoms with van der Waals surface area (Å²) in [6.45, 7) is 6.64. The molecule has 3 atom stereocenters. The number of rotatable bonds is 1. The lowest BCUT2D eigenvalue weighted by Crippen LogP contribution is -2.36. The van der Waals surface area contributed by atoms with Crippen LogP contribution in [0.25, 0.3) is 0 Å². The van der Waals surface area contributed by atoms with Gasteiger partial charge >= 0.3 is 0 Å². The number of fused-ring (bicyclic) bond motifs is 2.